The third-order valence-electron chi connectivity index (χ3n) is 4.35. The van der Waals surface area contributed by atoms with Gasteiger partial charge in [0.25, 0.3) is 5.91 Å². The lowest BCUT2D eigenvalue weighted by Crippen LogP contribution is -2.37. The Hall–Kier alpha value is -1.54. The van der Waals surface area contributed by atoms with E-state index in [1.54, 1.807) is 11.9 Å². The molecule has 0 spiro atoms. The molecule has 0 aliphatic carbocycles. The second-order valence-electron chi connectivity index (χ2n) is 6.07. The SMILES string of the molecule is Cc1nc(C)c2c(C)c(C(=O)N(C)C3CCS(=O)(=O)C3)sc2n1. The number of amides is 1. The summed E-state index contributed by atoms with van der Waals surface area (Å²) in [6, 6.07) is -0.244. The minimum Gasteiger partial charge on any atom is -0.337 e. The number of rotatable bonds is 2. The highest BCUT2D eigenvalue weighted by Crippen LogP contribution is 2.32. The molecule has 0 bridgehead atoms. The van der Waals surface area contributed by atoms with Gasteiger partial charge >= 0.3 is 0 Å². The van der Waals surface area contributed by atoms with Crippen molar-refractivity contribution in [1.29, 1.82) is 0 Å². The molecule has 0 N–H and O–H groups in total. The molecule has 1 aliphatic heterocycles. The molecule has 1 atom stereocenters. The van der Waals surface area contributed by atoms with Crippen LogP contribution in [-0.4, -0.2) is 53.8 Å². The van der Waals surface area contributed by atoms with Gasteiger partial charge in [-0.3, -0.25) is 4.79 Å². The highest BCUT2D eigenvalue weighted by Gasteiger charge is 2.34. The van der Waals surface area contributed by atoms with E-state index in [0.717, 1.165) is 21.5 Å². The van der Waals surface area contributed by atoms with Gasteiger partial charge < -0.3 is 4.90 Å². The Kier molecular flexibility index (Phi) is 3.92. The van der Waals surface area contributed by atoms with Gasteiger partial charge in [-0.2, -0.15) is 0 Å². The van der Waals surface area contributed by atoms with Gasteiger partial charge in [-0.1, -0.05) is 0 Å². The molecular weight excluding hydrogens is 334 g/mol. The molecule has 3 heterocycles. The van der Waals surface area contributed by atoms with Crippen LogP contribution in [0, 0.1) is 20.8 Å². The van der Waals surface area contributed by atoms with Crippen LogP contribution < -0.4 is 0 Å². The molecule has 1 aliphatic rings. The van der Waals surface area contributed by atoms with E-state index < -0.39 is 9.84 Å². The van der Waals surface area contributed by atoms with Gasteiger partial charge in [-0.15, -0.1) is 11.3 Å². The first-order valence-corrected chi connectivity index (χ1v) is 10.1. The lowest BCUT2D eigenvalue weighted by molar-refractivity contribution is 0.0752. The van der Waals surface area contributed by atoms with Crippen molar-refractivity contribution in [3.05, 3.63) is 22.0 Å². The molecule has 23 heavy (non-hydrogen) atoms. The van der Waals surface area contributed by atoms with Gasteiger partial charge in [0.15, 0.2) is 9.84 Å². The van der Waals surface area contributed by atoms with Crippen LogP contribution in [0.1, 0.15) is 33.2 Å². The van der Waals surface area contributed by atoms with Crippen molar-refractivity contribution in [3.8, 4) is 0 Å². The van der Waals surface area contributed by atoms with Crippen LogP contribution in [0.2, 0.25) is 0 Å². The van der Waals surface area contributed by atoms with E-state index in [1.165, 1.54) is 11.3 Å². The Morgan fingerprint density at radius 2 is 1.96 bits per heavy atom. The number of fused-ring (bicyclic) bond motifs is 1. The molecule has 2 aromatic heterocycles. The molecule has 8 heteroatoms. The molecule has 0 saturated carbocycles. The van der Waals surface area contributed by atoms with Gasteiger partial charge in [0, 0.05) is 24.2 Å². The van der Waals surface area contributed by atoms with Gasteiger partial charge in [0.2, 0.25) is 0 Å². The minimum absolute atomic E-state index is 0.0527. The van der Waals surface area contributed by atoms with Crippen LogP contribution in [0.5, 0.6) is 0 Å². The van der Waals surface area contributed by atoms with Crippen LogP contribution in [0.3, 0.4) is 0 Å². The minimum atomic E-state index is -3.02. The number of nitrogens with zero attached hydrogens (tertiary/aromatic N) is 3. The number of hydrogen-bond acceptors (Lipinski definition) is 6. The molecule has 0 aromatic carbocycles. The Bertz CT molecular complexity index is 902. The third kappa shape index (κ3) is 2.85. The smallest absolute Gasteiger partial charge is 0.264 e. The maximum atomic E-state index is 12.8. The zero-order valence-corrected chi connectivity index (χ0v) is 15.2. The van der Waals surface area contributed by atoms with E-state index in [9.17, 15) is 13.2 Å². The summed E-state index contributed by atoms with van der Waals surface area (Å²) in [6.45, 7) is 5.65. The van der Waals surface area contributed by atoms with E-state index in [4.69, 9.17) is 0 Å². The zero-order valence-electron chi connectivity index (χ0n) is 13.6. The van der Waals surface area contributed by atoms with Gasteiger partial charge in [-0.25, -0.2) is 18.4 Å². The number of thiophene rings is 1. The Morgan fingerprint density at radius 3 is 2.57 bits per heavy atom. The maximum Gasteiger partial charge on any atom is 0.264 e. The number of aryl methyl sites for hydroxylation is 3. The van der Waals surface area contributed by atoms with E-state index >= 15 is 0 Å². The van der Waals surface area contributed by atoms with Gasteiger partial charge in [0.1, 0.15) is 10.7 Å². The number of sulfone groups is 1. The summed E-state index contributed by atoms with van der Waals surface area (Å²) in [7, 11) is -1.33. The Labute approximate surface area is 139 Å². The first-order valence-electron chi connectivity index (χ1n) is 7.41. The fraction of sp³-hybridized carbons (Fsp3) is 0.533. The van der Waals surface area contributed by atoms with Gasteiger partial charge in [-0.05, 0) is 32.8 Å². The summed E-state index contributed by atoms with van der Waals surface area (Å²) in [6.07, 6.45) is 0.506. The second kappa shape index (κ2) is 5.52. The maximum absolute atomic E-state index is 12.8. The fourth-order valence-electron chi connectivity index (χ4n) is 3.08. The summed E-state index contributed by atoms with van der Waals surface area (Å²) in [5, 5.41) is 0.927. The molecule has 1 fully saturated rings. The Morgan fingerprint density at radius 1 is 1.26 bits per heavy atom. The van der Waals surface area contributed by atoms with Crippen LogP contribution in [0.25, 0.3) is 10.2 Å². The first-order chi connectivity index (χ1) is 10.7. The van der Waals surface area contributed by atoms with E-state index in [-0.39, 0.29) is 23.5 Å². The predicted octanol–water partition coefficient (Wildman–Crippen LogP) is 1.88. The molecule has 1 unspecified atom stereocenters. The van der Waals surface area contributed by atoms with Crippen LogP contribution in [-0.2, 0) is 9.84 Å². The lowest BCUT2D eigenvalue weighted by atomic mass is 10.1. The van der Waals surface area contributed by atoms with Crippen LogP contribution >= 0.6 is 11.3 Å². The van der Waals surface area contributed by atoms with Crippen molar-refractivity contribution in [2.24, 2.45) is 0 Å². The average Bonchev–Trinajstić information content (AvgIpc) is 2.97. The topological polar surface area (TPSA) is 80.2 Å². The number of hydrogen-bond donors (Lipinski definition) is 0. The summed E-state index contributed by atoms with van der Waals surface area (Å²) in [5.41, 5.74) is 1.74. The number of carbonyl (C=O) groups excluding carboxylic acids is 1. The third-order valence-corrected chi connectivity index (χ3v) is 7.28. The summed E-state index contributed by atoms with van der Waals surface area (Å²) >= 11 is 1.36. The van der Waals surface area contributed by atoms with E-state index in [2.05, 4.69) is 9.97 Å². The van der Waals surface area contributed by atoms with Crippen molar-refractivity contribution in [3.63, 3.8) is 0 Å². The van der Waals surface area contributed by atoms with Crippen LogP contribution in [0.4, 0.5) is 0 Å². The summed E-state index contributed by atoms with van der Waals surface area (Å²) < 4.78 is 23.3. The van der Waals surface area contributed by atoms with Crippen molar-refractivity contribution in [1.82, 2.24) is 14.9 Å². The first kappa shape index (κ1) is 16.3. The van der Waals surface area contributed by atoms with Crippen LogP contribution in [0.15, 0.2) is 0 Å². The molecule has 124 valence electrons. The molecule has 6 nitrogen and oxygen atoms in total. The average molecular weight is 353 g/mol. The molecule has 3 rings (SSSR count). The quantitative estimate of drug-likeness (QED) is 0.823. The molecule has 0 radical (unpaired) electrons. The van der Waals surface area contributed by atoms with Crippen molar-refractivity contribution >= 4 is 37.3 Å². The van der Waals surface area contributed by atoms with Gasteiger partial charge in [0.05, 0.1) is 16.4 Å². The molecule has 2 aromatic rings. The second-order valence-corrected chi connectivity index (χ2v) is 9.29. The summed E-state index contributed by atoms with van der Waals surface area (Å²) in [4.78, 5) is 24.6. The highest BCUT2D eigenvalue weighted by atomic mass is 32.2. The molecular formula is C15H19N3O3S2. The Balaban J connectivity index is 1.98. The van der Waals surface area contributed by atoms with E-state index in [0.29, 0.717) is 17.1 Å². The predicted molar refractivity (Wildman–Crippen MR) is 90.8 cm³/mol. The van der Waals surface area contributed by atoms with E-state index in [1.807, 2.05) is 20.8 Å². The highest BCUT2D eigenvalue weighted by molar-refractivity contribution is 7.91. The van der Waals surface area contributed by atoms with Crippen molar-refractivity contribution in [2.45, 2.75) is 33.2 Å². The molecule has 1 saturated heterocycles. The monoisotopic (exact) mass is 353 g/mol. The number of carbonyl (C=O) groups is 1. The lowest BCUT2D eigenvalue weighted by Gasteiger charge is -2.23. The van der Waals surface area contributed by atoms with Crippen molar-refractivity contribution in [2.75, 3.05) is 18.6 Å². The normalized spacial score (nSPS) is 20.1. The standard InChI is InChI=1S/C15H19N3O3S2/c1-8-12-9(2)16-10(3)17-14(12)22-13(8)15(19)18(4)11-5-6-23(20,21)7-11/h11H,5-7H2,1-4H3. The fourth-order valence-corrected chi connectivity index (χ4v) is 6.12. The number of aromatic nitrogens is 2. The molecule has 1 amide bonds. The largest absolute Gasteiger partial charge is 0.337 e. The summed E-state index contributed by atoms with van der Waals surface area (Å²) in [5.74, 6) is 0.761. The van der Waals surface area contributed by atoms with Crippen molar-refractivity contribution < 1.29 is 13.2 Å². The zero-order chi connectivity index (χ0) is 16.9.